The van der Waals surface area contributed by atoms with Gasteiger partial charge in [-0.3, -0.25) is 14.9 Å². The molecule has 0 bridgehead atoms. The van der Waals surface area contributed by atoms with Gasteiger partial charge in [-0.05, 0) is 43.3 Å². The molecular formula is C16H13ClN2O5. The number of nitrogens with zero attached hydrogens (tertiary/aromatic N) is 1. The molecule has 0 fully saturated rings. The molecule has 2 aromatic carbocycles. The smallest absolute Gasteiger partial charge is 0.343 e. The Morgan fingerprint density at radius 2 is 1.79 bits per heavy atom. The van der Waals surface area contributed by atoms with E-state index in [0.29, 0.717) is 11.6 Å². The van der Waals surface area contributed by atoms with Gasteiger partial charge in [0.15, 0.2) is 0 Å². The Labute approximate surface area is 142 Å². The number of amides is 1. The minimum Gasteiger partial charge on any atom is -0.416 e. The lowest BCUT2D eigenvalue weighted by Gasteiger charge is -2.07. The summed E-state index contributed by atoms with van der Waals surface area (Å²) in [5, 5.41) is 14.2. The van der Waals surface area contributed by atoms with E-state index in [1.807, 2.05) is 0 Å². The van der Waals surface area contributed by atoms with Crippen LogP contribution in [-0.4, -0.2) is 23.3 Å². The van der Waals surface area contributed by atoms with Gasteiger partial charge in [0.05, 0.1) is 10.5 Å². The van der Waals surface area contributed by atoms with Crippen LogP contribution in [-0.2, 0) is 0 Å². The molecule has 0 atom stereocenters. The Bertz CT molecular complexity index is 790. The van der Waals surface area contributed by atoms with Gasteiger partial charge in [0.2, 0.25) is 5.75 Å². The molecule has 0 spiro atoms. The lowest BCUT2D eigenvalue weighted by atomic mass is 10.1. The lowest BCUT2D eigenvalue weighted by Crippen LogP contribution is -2.22. The molecule has 0 radical (unpaired) electrons. The third-order valence-corrected chi connectivity index (χ3v) is 3.29. The Morgan fingerprint density at radius 1 is 1.17 bits per heavy atom. The second-order valence-electron chi connectivity index (χ2n) is 4.70. The highest BCUT2D eigenvalue weighted by molar-refractivity contribution is 6.30. The largest absolute Gasteiger partial charge is 0.416 e. The van der Waals surface area contributed by atoms with Gasteiger partial charge in [-0.25, -0.2) is 4.79 Å². The summed E-state index contributed by atoms with van der Waals surface area (Å²) in [6.07, 6.45) is 0. The summed E-state index contributed by atoms with van der Waals surface area (Å²) >= 11 is 5.74. The number of esters is 1. The fourth-order valence-corrected chi connectivity index (χ4v) is 2.02. The number of carbonyl (C=O) groups is 2. The molecule has 24 heavy (non-hydrogen) atoms. The van der Waals surface area contributed by atoms with Gasteiger partial charge in [-0.15, -0.1) is 0 Å². The number of nitrogens with one attached hydrogen (secondary N) is 1. The maximum absolute atomic E-state index is 12.1. The molecule has 0 aliphatic carbocycles. The molecule has 0 aliphatic rings. The number of hydrogen-bond donors (Lipinski definition) is 1. The molecule has 0 heterocycles. The van der Waals surface area contributed by atoms with E-state index in [-0.39, 0.29) is 16.9 Å². The van der Waals surface area contributed by atoms with Crippen molar-refractivity contribution in [2.45, 2.75) is 6.92 Å². The lowest BCUT2D eigenvalue weighted by molar-refractivity contribution is -0.385. The van der Waals surface area contributed by atoms with E-state index < -0.39 is 22.5 Å². The minimum absolute atomic E-state index is 0.106. The summed E-state index contributed by atoms with van der Waals surface area (Å²) in [5.74, 6) is -1.45. The van der Waals surface area contributed by atoms with E-state index in [2.05, 4.69) is 5.32 Å². The number of nitro groups is 1. The predicted octanol–water partition coefficient (Wildman–Crippen LogP) is 3.22. The summed E-state index contributed by atoms with van der Waals surface area (Å²) in [7, 11) is 0. The zero-order valence-electron chi connectivity index (χ0n) is 12.6. The molecule has 124 valence electrons. The van der Waals surface area contributed by atoms with Gasteiger partial charge in [0, 0.05) is 23.2 Å². The third kappa shape index (κ3) is 4.08. The molecule has 0 aliphatic heterocycles. The van der Waals surface area contributed by atoms with Crippen LogP contribution in [0, 0.1) is 10.1 Å². The van der Waals surface area contributed by atoms with Crippen molar-refractivity contribution < 1.29 is 19.2 Å². The molecule has 0 saturated heterocycles. The molecule has 2 aromatic rings. The summed E-state index contributed by atoms with van der Waals surface area (Å²) in [5.41, 5.74) is -0.169. The molecule has 0 unspecified atom stereocenters. The van der Waals surface area contributed by atoms with E-state index in [1.54, 1.807) is 6.92 Å². The second-order valence-corrected chi connectivity index (χ2v) is 5.13. The third-order valence-electron chi connectivity index (χ3n) is 3.04. The molecule has 7 nitrogen and oxygen atoms in total. The number of hydrogen-bond acceptors (Lipinski definition) is 5. The molecule has 2 rings (SSSR count). The fraction of sp³-hybridized carbons (Fsp3) is 0.125. The Kier molecular flexibility index (Phi) is 5.49. The first kappa shape index (κ1) is 17.4. The van der Waals surface area contributed by atoms with Crippen molar-refractivity contribution >= 4 is 29.2 Å². The van der Waals surface area contributed by atoms with Gasteiger partial charge in [0.25, 0.3) is 5.91 Å². The van der Waals surface area contributed by atoms with Gasteiger partial charge in [-0.2, -0.15) is 0 Å². The van der Waals surface area contributed by atoms with Crippen molar-refractivity contribution in [2.75, 3.05) is 6.54 Å². The summed E-state index contributed by atoms with van der Waals surface area (Å²) in [4.78, 5) is 34.3. The average molecular weight is 349 g/mol. The molecule has 0 saturated carbocycles. The Hall–Kier alpha value is -2.93. The van der Waals surface area contributed by atoms with Crippen molar-refractivity contribution in [1.29, 1.82) is 0 Å². The first-order valence-electron chi connectivity index (χ1n) is 6.96. The zero-order chi connectivity index (χ0) is 17.7. The monoisotopic (exact) mass is 348 g/mol. The van der Waals surface area contributed by atoms with Crippen molar-refractivity contribution in [2.24, 2.45) is 0 Å². The van der Waals surface area contributed by atoms with Crippen LogP contribution < -0.4 is 10.1 Å². The maximum Gasteiger partial charge on any atom is 0.343 e. The number of halogens is 1. The van der Waals surface area contributed by atoms with Crippen LogP contribution in [0.1, 0.15) is 27.6 Å². The van der Waals surface area contributed by atoms with Crippen molar-refractivity contribution in [3.05, 3.63) is 68.7 Å². The number of benzene rings is 2. The maximum atomic E-state index is 12.1. The van der Waals surface area contributed by atoms with Gasteiger partial charge < -0.3 is 10.1 Å². The highest BCUT2D eigenvalue weighted by atomic mass is 35.5. The minimum atomic E-state index is -0.763. The van der Waals surface area contributed by atoms with Gasteiger partial charge in [0.1, 0.15) is 0 Å². The molecular weight excluding hydrogens is 336 g/mol. The van der Waals surface area contributed by atoms with Crippen LogP contribution in [0.15, 0.2) is 42.5 Å². The first-order chi connectivity index (χ1) is 11.4. The SMILES string of the molecule is CCNC(=O)c1ccc(OC(=O)c2ccc(Cl)cc2)c([N+](=O)[O-])c1. The van der Waals surface area contributed by atoms with Crippen LogP contribution in [0.4, 0.5) is 5.69 Å². The van der Waals surface area contributed by atoms with Crippen molar-refractivity contribution in [3.63, 3.8) is 0 Å². The highest BCUT2D eigenvalue weighted by Gasteiger charge is 2.21. The van der Waals surface area contributed by atoms with E-state index >= 15 is 0 Å². The zero-order valence-corrected chi connectivity index (χ0v) is 13.4. The topological polar surface area (TPSA) is 98.5 Å². The van der Waals surface area contributed by atoms with E-state index in [0.717, 1.165) is 6.07 Å². The normalized spacial score (nSPS) is 10.1. The van der Waals surface area contributed by atoms with Crippen LogP contribution in [0.5, 0.6) is 5.75 Å². The quantitative estimate of drug-likeness (QED) is 0.387. The average Bonchev–Trinajstić information content (AvgIpc) is 2.55. The van der Waals surface area contributed by atoms with E-state index in [1.165, 1.54) is 36.4 Å². The van der Waals surface area contributed by atoms with Gasteiger partial charge in [-0.1, -0.05) is 11.6 Å². The molecule has 0 aromatic heterocycles. The molecule has 1 amide bonds. The summed E-state index contributed by atoms with van der Waals surface area (Å²) in [6, 6.07) is 9.53. The van der Waals surface area contributed by atoms with Crippen molar-refractivity contribution in [3.8, 4) is 5.75 Å². The highest BCUT2D eigenvalue weighted by Crippen LogP contribution is 2.29. The van der Waals surface area contributed by atoms with Gasteiger partial charge >= 0.3 is 11.7 Å². The Balaban J connectivity index is 2.29. The number of ether oxygens (including phenoxy) is 1. The molecule has 8 heteroatoms. The van der Waals surface area contributed by atoms with Crippen LogP contribution in [0.2, 0.25) is 5.02 Å². The summed E-state index contributed by atoms with van der Waals surface area (Å²) < 4.78 is 5.07. The number of carbonyl (C=O) groups excluding carboxylic acids is 2. The van der Waals surface area contributed by atoms with E-state index in [9.17, 15) is 19.7 Å². The second kappa shape index (κ2) is 7.56. The first-order valence-corrected chi connectivity index (χ1v) is 7.34. The van der Waals surface area contributed by atoms with E-state index in [4.69, 9.17) is 16.3 Å². The Morgan fingerprint density at radius 3 is 2.38 bits per heavy atom. The number of rotatable bonds is 5. The predicted molar refractivity (Wildman–Crippen MR) is 87.5 cm³/mol. The summed E-state index contributed by atoms with van der Waals surface area (Å²) in [6.45, 7) is 2.12. The number of nitro benzene ring substituents is 1. The van der Waals surface area contributed by atoms with Crippen LogP contribution in [0.25, 0.3) is 0 Å². The fourth-order valence-electron chi connectivity index (χ4n) is 1.89. The standard InChI is InChI=1S/C16H13ClN2O5/c1-2-18-15(20)11-5-8-14(13(9-11)19(22)23)24-16(21)10-3-6-12(17)7-4-10/h3-9H,2H2,1H3,(H,18,20). The van der Waals surface area contributed by atoms with Crippen LogP contribution in [0.3, 0.4) is 0 Å². The molecule has 1 N–H and O–H groups in total. The van der Waals surface area contributed by atoms with Crippen LogP contribution >= 0.6 is 11.6 Å². The van der Waals surface area contributed by atoms with Crippen molar-refractivity contribution in [1.82, 2.24) is 5.32 Å².